The van der Waals surface area contributed by atoms with Gasteiger partial charge in [0.25, 0.3) is 0 Å². The number of halogens is 5. The number of rotatable bonds is 3. The van der Waals surface area contributed by atoms with Crippen LogP contribution in [0.3, 0.4) is 0 Å². The summed E-state index contributed by atoms with van der Waals surface area (Å²) >= 11 is 0. The van der Waals surface area contributed by atoms with Crippen molar-refractivity contribution in [1.29, 1.82) is 5.26 Å². The summed E-state index contributed by atoms with van der Waals surface area (Å²) in [7, 11) is 0. The van der Waals surface area contributed by atoms with Gasteiger partial charge >= 0.3 is 6.18 Å². The summed E-state index contributed by atoms with van der Waals surface area (Å²) in [6.45, 7) is 2.95. The molecule has 2 fully saturated rings. The summed E-state index contributed by atoms with van der Waals surface area (Å²) < 4.78 is 66.0. The van der Waals surface area contributed by atoms with E-state index in [9.17, 15) is 22.8 Å². The molecule has 0 amide bonds. The Morgan fingerprint density at radius 2 is 1.97 bits per heavy atom. The fourth-order valence-electron chi connectivity index (χ4n) is 3.89. The summed E-state index contributed by atoms with van der Waals surface area (Å²) in [5.41, 5.74) is -2.20. The van der Waals surface area contributed by atoms with Crippen LogP contribution in [0.1, 0.15) is 24.0 Å². The monoisotopic (exact) mass is 472 g/mol. The molecule has 2 saturated heterocycles. The minimum absolute atomic E-state index is 0. The minimum Gasteiger partial charge on any atom is -0.437 e. The second-order valence-electron chi connectivity index (χ2n) is 7.57. The number of alkyl halides is 3. The predicted octanol–water partition coefficient (Wildman–Crippen LogP) is 4.28. The molecule has 0 unspecified atom stereocenters. The molecule has 172 valence electrons. The lowest BCUT2D eigenvalue weighted by atomic mass is 9.90. The minimum atomic E-state index is -4.78. The Balaban J connectivity index is 0.00000289. The highest BCUT2D eigenvalue weighted by Gasteiger charge is 2.40. The number of anilines is 1. The maximum absolute atomic E-state index is 13.7. The first-order valence-electron chi connectivity index (χ1n) is 9.85. The normalized spacial score (nSPS) is 18.0. The number of benzene rings is 1. The number of morpholine rings is 1. The van der Waals surface area contributed by atoms with Gasteiger partial charge in [0.05, 0.1) is 17.8 Å². The first-order valence-corrected chi connectivity index (χ1v) is 9.85. The Morgan fingerprint density at radius 1 is 1.22 bits per heavy atom. The fourth-order valence-corrected chi connectivity index (χ4v) is 3.89. The van der Waals surface area contributed by atoms with Crippen LogP contribution >= 0.6 is 12.4 Å². The molecule has 3 heterocycles. The number of nitrogens with one attached hydrogen (secondary N) is 1. The average molecular weight is 473 g/mol. The smallest absolute Gasteiger partial charge is 0.418 e. The summed E-state index contributed by atoms with van der Waals surface area (Å²) in [4.78, 5) is 5.92. The molecule has 0 bridgehead atoms. The third-order valence-corrected chi connectivity index (χ3v) is 5.53. The lowest BCUT2D eigenvalue weighted by Crippen LogP contribution is -2.55. The molecule has 11 heteroatoms. The van der Waals surface area contributed by atoms with Crippen LogP contribution in [0.25, 0.3) is 0 Å². The molecule has 0 atom stereocenters. The number of nitrogens with zero attached hydrogens (tertiary/aromatic N) is 3. The summed E-state index contributed by atoms with van der Waals surface area (Å²) in [6.07, 6.45) is -3.53. The molecule has 1 spiro atoms. The third-order valence-electron chi connectivity index (χ3n) is 5.53. The highest BCUT2D eigenvalue weighted by atomic mass is 35.5. The van der Waals surface area contributed by atoms with Crippen molar-refractivity contribution in [2.45, 2.75) is 24.6 Å². The van der Waals surface area contributed by atoms with Crippen molar-refractivity contribution in [1.82, 2.24) is 10.3 Å². The van der Waals surface area contributed by atoms with E-state index in [0.717, 1.165) is 18.7 Å². The number of nitriles is 1. The van der Waals surface area contributed by atoms with Crippen molar-refractivity contribution >= 4 is 18.2 Å². The van der Waals surface area contributed by atoms with E-state index in [1.165, 1.54) is 24.3 Å². The zero-order valence-corrected chi connectivity index (χ0v) is 17.7. The lowest BCUT2D eigenvalue weighted by Gasteiger charge is -2.44. The van der Waals surface area contributed by atoms with Gasteiger partial charge in [0.15, 0.2) is 0 Å². The van der Waals surface area contributed by atoms with E-state index in [1.807, 2.05) is 0 Å². The zero-order valence-electron chi connectivity index (χ0n) is 16.9. The van der Waals surface area contributed by atoms with E-state index in [1.54, 1.807) is 4.90 Å². The number of ether oxygens (including phenoxy) is 2. The Labute approximate surface area is 188 Å². The fraction of sp³-hybridized carbons (Fsp3) is 0.429. The molecule has 1 aromatic carbocycles. The van der Waals surface area contributed by atoms with Crippen LogP contribution < -0.4 is 15.0 Å². The molecular weight excluding hydrogens is 452 g/mol. The maximum atomic E-state index is 13.7. The Morgan fingerprint density at radius 3 is 2.56 bits per heavy atom. The molecule has 1 N–H and O–H groups in total. The SMILES string of the molecule is Cl.N#Cc1c(C(F)(F)F)cc(N2CCC3(CC2)CNCCO3)nc1Oc1cccc(F)c1. The van der Waals surface area contributed by atoms with Gasteiger partial charge in [-0.15, -0.1) is 12.4 Å². The number of hydrogen-bond donors (Lipinski definition) is 1. The van der Waals surface area contributed by atoms with Crippen molar-refractivity contribution in [2.24, 2.45) is 0 Å². The third kappa shape index (κ3) is 5.06. The molecule has 0 aliphatic carbocycles. The van der Waals surface area contributed by atoms with Gasteiger partial charge in [0.1, 0.15) is 29.0 Å². The van der Waals surface area contributed by atoms with E-state index in [0.29, 0.717) is 39.1 Å². The standard InChI is InChI=1S/C21H20F4N4O2.ClH/c22-14-2-1-3-15(10-14)31-19-16(12-26)17(21(23,24)25)11-18(28-19)29-7-4-20(5-8-29)13-27-6-9-30-20;/h1-3,10-11,27H,4-9,13H2;1H. The number of aromatic nitrogens is 1. The summed E-state index contributed by atoms with van der Waals surface area (Å²) in [5, 5.41) is 12.7. The molecule has 2 aliphatic heterocycles. The Kier molecular flexibility index (Phi) is 7.12. The van der Waals surface area contributed by atoms with Crippen molar-refractivity contribution in [3.05, 3.63) is 47.3 Å². The van der Waals surface area contributed by atoms with E-state index in [2.05, 4.69) is 10.3 Å². The second-order valence-corrected chi connectivity index (χ2v) is 7.57. The van der Waals surface area contributed by atoms with Crippen LogP contribution in [0.15, 0.2) is 30.3 Å². The average Bonchev–Trinajstić information content (AvgIpc) is 2.74. The first kappa shape index (κ1) is 24.0. The van der Waals surface area contributed by atoms with Gasteiger partial charge < -0.3 is 19.7 Å². The van der Waals surface area contributed by atoms with Gasteiger partial charge in [-0.2, -0.15) is 23.4 Å². The molecule has 2 aliphatic rings. The second kappa shape index (κ2) is 9.48. The quantitative estimate of drug-likeness (QED) is 0.672. The van der Waals surface area contributed by atoms with Crippen molar-refractivity contribution in [3.8, 4) is 17.7 Å². The number of piperidine rings is 1. The van der Waals surface area contributed by atoms with Crippen LogP contribution in [0, 0.1) is 17.1 Å². The van der Waals surface area contributed by atoms with Crippen molar-refractivity contribution < 1.29 is 27.0 Å². The van der Waals surface area contributed by atoms with Gasteiger partial charge in [0, 0.05) is 32.2 Å². The van der Waals surface area contributed by atoms with E-state index in [-0.39, 0.29) is 29.6 Å². The lowest BCUT2D eigenvalue weighted by molar-refractivity contribution is -0.137. The summed E-state index contributed by atoms with van der Waals surface area (Å²) in [5.74, 6) is -1.12. The van der Waals surface area contributed by atoms with Gasteiger partial charge in [-0.25, -0.2) is 4.39 Å². The molecule has 4 rings (SSSR count). The van der Waals surface area contributed by atoms with Crippen LogP contribution in [0.5, 0.6) is 11.6 Å². The van der Waals surface area contributed by atoms with Crippen molar-refractivity contribution in [2.75, 3.05) is 37.7 Å². The molecule has 0 radical (unpaired) electrons. The van der Waals surface area contributed by atoms with E-state index in [4.69, 9.17) is 9.47 Å². The first-order chi connectivity index (χ1) is 14.8. The van der Waals surface area contributed by atoms with Crippen LogP contribution in [-0.2, 0) is 10.9 Å². The van der Waals surface area contributed by atoms with Crippen molar-refractivity contribution in [3.63, 3.8) is 0 Å². The van der Waals surface area contributed by atoms with Crippen LogP contribution in [0.2, 0.25) is 0 Å². The molecule has 2 aromatic rings. The molecule has 1 aromatic heterocycles. The molecule has 6 nitrogen and oxygen atoms in total. The Bertz CT molecular complexity index is 996. The van der Waals surface area contributed by atoms with Gasteiger partial charge in [-0.05, 0) is 31.0 Å². The topological polar surface area (TPSA) is 70.4 Å². The number of hydrogen-bond acceptors (Lipinski definition) is 6. The van der Waals surface area contributed by atoms with Gasteiger partial charge in [0.2, 0.25) is 5.88 Å². The van der Waals surface area contributed by atoms with E-state index < -0.39 is 29.0 Å². The molecular formula is C21H21ClF4N4O2. The van der Waals surface area contributed by atoms with Crippen LogP contribution in [0.4, 0.5) is 23.4 Å². The van der Waals surface area contributed by atoms with Gasteiger partial charge in [-0.3, -0.25) is 0 Å². The highest BCUT2D eigenvalue weighted by Crippen LogP contribution is 2.39. The largest absolute Gasteiger partial charge is 0.437 e. The Hall–Kier alpha value is -2.61. The highest BCUT2D eigenvalue weighted by molar-refractivity contribution is 5.85. The van der Waals surface area contributed by atoms with Gasteiger partial charge in [-0.1, -0.05) is 6.07 Å². The maximum Gasteiger partial charge on any atom is 0.418 e. The number of pyridine rings is 1. The predicted molar refractivity (Wildman–Crippen MR) is 111 cm³/mol. The zero-order chi connectivity index (χ0) is 22.1. The molecule has 32 heavy (non-hydrogen) atoms. The summed E-state index contributed by atoms with van der Waals surface area (Å²) in [6, 6.07) is 7.33. The van der Waals surface area contributed by atoms with E-state index >= 15 is 0 Å². The molecule has 0 saturated carbocycles. The van der Waals surface area contributed by atoms with Crippen LogP contribution in [-0.4, -0.2) is 43.4 Å².